The number of fused-ring (bicyclic) bond motifs is 1. The normalized spacial score (nSPS) is 17.3. The summed E-state index contributed by atoms with van der Waals surface area (Å²) in [4.78, 5) is 0. The summed E-state index contributed by atoms with van der Waals surface area (Å²) in [6, 6.07) is 5.77. The number of rotatable bonds is 2. The zero-order valence-corrected chi connectivity index (χ0v) is 8.56. The first-order valence-electron chi connectivity index (χ1n) is 4.81. The van der Waals surface area contributed by atoms with Crippen LogP contribution in [-0.2, 0) is 11.3 Å². The maximum Gasteiger partial charge on any atom is 0.128 e. The van der Waals surface area contributed by atoms with Crippen molar-refractivity contribution in [2.75, 3.05) is 13.7 Å². The lowest BCUT2D eigenvalue weighted by Crippen LogP contribution is -2.16. The average molecular weight is 207 g/mol. The van der Waals surface area contributed by atoms with Crippen molar-refractivity contribution in [1.82, 2.24) is 0 Å². The Hall–Kier alpha value is -1.55. The molecule has 1 aliphatic heterocycles. The van der Waals surface area contributed by atoms with Crippen molar-refractivity contribution in [3.63, 3.8) is 0 Å². The van der Waals surface area contributed by atoms with Crippen molar-refractivity contribution in [2.45, 2.75) is 13.0 Å². The van der Waals surface area contributed by atoms with Gasteiger partial charge in [-0.2, -0.15) is 0 Å². The van der Waals surface area contributed by atoms with Crippen molar-refractivity contribution < 1.29 is 14.7 Å². The zero-order valence-electron chi connectivity index (χ0n) is 8.56. The van der Waals surface area contributed by atoms with Gasteiger partial charge in [0.2, 0.25) is 0 Å². The summed E-state index contributed by atoms with van der Waals surface area (Å²) in [5.41, 5.74) is 2.60. The molecule has 80 valence electrons. The Balaban J connectivity index is 2.36. The highest BCUT2D eigenvalue weighted by Gasteiger charge is 2.17. The summed E-state index contributed by atoms with van der Waals surface area (Å²) in [5, 5.41) is 12.1. The molecule has 4 nitrogen and oxygen atoms in total. The van der Waals surface area contributed by atoms with Gasteiger partial charge in [0.15, 0.2) is 0 Å². The summed E-state index contributed by atoms with van der Waals surface area (Å²) in [5.74, 6) is 0.767. The molecular formula is C11H13NO3. The lowest BCUT2D eigenvalue weighted by Gasteiger charge is -2.18. The first-order valence-corrected chi connectivity index (χ1v) is 4.81. The standard InChI is InChI=1S/C11H13NO3/c1-14-7-8-2-3-9-10(12-13)4-5-15-11(9)6-8/h2-3,6,13H,4-5,7H2,1H3/b12-10+. The number of nitrogens with zero attached hydrogens (tertiary/aromatic N) is 1. The second kappa shape index (κ2) is 4.31. The number of hydrogen-bond acceptors (Lipinski definition) is 4. The monoisotopic (exact) mass is 207 g/mol. The molecule has 0 atom stereocenters. The van der Waals surface area contributed by atoms with Crippen LogP contribution in [-0.4, -0.2) is 24.6 Å². The van der Waals surface area contributed by atoms with Crippen LogP contribution in [0, 0.1) is 0 Å². The molecule has 0 aliphatic carbocycles. The van der Waals surface area contributed by atoms with Crippen LogP contribution in [0.1, 0.15) is 17.5 Å². The lowest BCUT2D eigenvalue weighted by molar-refractivity contribution is 0.184. The van der Waals surface area contributed by atoms with E-state index in [0.717, 1.165) is 16.9 Å². The first-order chi connectivity index (χ1) is 7.35. The van der Waals surface area contributed by atoms with E-state index in [-0.39, 0.29) is 0 Å². The molecule has 4 heteroatoms. The van der Waals surface area contributed by atoms with Gasteiger partial charge < -0.3 is 14.7 Å². The molecule has 0 radical (unpaired) electrons. The summed E-state index contributed by atoms with van der Waals surface area (Å²) in [6.45, 7) is 1.12. The number of hydrogen-bond donors (Lipinski definition) is 1. The van der Waals surface area contributed by atoms with Gasteiger partial charge in [-0.1, -0.05) is 11.2 Å². The Morgan fingerprint density at radius 2 is 2.40 bits per heavy atom. The van der Waals surface area contributed by atoms with Crippen molar-refractivity contribution in [3.8, 4) is 5.75 Å². The predicted octanol–water partition coefficient (Wildman–Crippen LogP) is 1.79. The number of benzene rings is 1. The maximum atomic E-state index is 8.82. The minimum atomic E-state index is 0.558. The fourth-order valence-electron chi connectivity index (χ4n) is 1.68. The summed E-state index contributed by atoms with van der Waals surface area (Å²) in [7, 11) is 1.65. The second-order valence-electron chi connectivity index (χ2n) is 3.41. The molecule has 1 aromatic carbocycles. The zero-order chi connectivity index (χ0) is 10.7. The molecule has 15 heavy (non-hydrogen) atoms. The van der Waals surface area contributed by atoms with Gasteiger partial charge in [0.25, 0.3) is 0 Å². The van der Waals surface area contributed by atoms with Crippen molar-refractivity contribution >= 4 is 5.71 Å². The van der Waals surface area contributed by atoms with Crippen LogP contribution < -0.4 is 4.74 Å². The molecule has 0 saturated carbocycles. The number of oxime groups is 1. The van der Waals surface area contributed by atoms with E-state index in [1.54, 1.807) is 7.11 Å². The number of methoxy groups -OCH3 is 1. The van der Waals surface area contributed by atoms with Gasteiger partial charge in [0, 0.05) is 19.1 Å². The molecule has 0 amide bonds. The molecule has 1 aromatic rings. The van der Waals surface area contributed by atoms with E-state index >= 15 is 0 Å². The molecule has 0 bridgehead atoms. The van der Waals surface area contributed by atoms with Crippen LogP contribution in [0.5, 0.6) is 5.75 Å². The molecular weight excluding hydrogens is 194 g/mol. The van der Waals surface area contributed by atoms with Crippen LogP contribution in [0.15, 0.2) is 23.4 Å². The summed E-state index contributed by atoms with van der Waals surface area (Å²) >= 11 is 0. The Bertz CT molecular complexity index is 387. The van der Waals surface area contributed by atoms with Crippen molar-refractivity contribution in [1.29, 1.82) is 0 Å². The fourth-order valence-corrected chi connectivity index (χ4v) is 1.68. The third-order valence-corrected chi connectivity index (χ3v) is 2.39. The van der Waals surface area contributed by atoms with Gasteiger partial charge >= 0.3 is 0 Å². The van der Waals surface area contributed by atoms with Gasteiger partial charge in [-0.25, -0.2) is 0 Å². The van der Waals surface area contributed by atoms with E-state index in [9.17, 15) is 0 Å². The Kier molecular flexibility index (Phi) is 2.87. The van der Waals surface area contributed by atoms with Gasteiger partial charge in [0.05, 0.1) is 18.9 Å². The maximum absolute atomic E-state index is 8.82. The van der Waals surface area contributed by atoms with Crippen LogP contribution in [0.4, 0.5) is 0 Å². The molecule has 2 rings (SSSR count). The molecule has 0 aromatic heterocycles. The highest BCUT2D eigenvalue weighted by molar-refractivity contribution is 6.03. The van der Waals surface area contributed by atoms with Crippen LogP contribution in [0.2, 0.25) is 0 Å². The molecule has 0 saturated heterocycles. The van der Waals surface area contributed by atoms with E-state index in [1.165, 1.54) is 0 Å². The van der Waals surface area contributed by atoms with E-state index < -0.39 is 0 Å². The molecule has 1 heterocycles. The molecule has 0 spiro atoms. The smallest absolute Gasteiger partial charge is 0.128 e. The minimum Gasteiger partial charge on any atom is -0.492 e. The lowest BCUT2D eigenvalue weighted by atomic mass is 10.0. The predicted molar refractivity (Wildman–Crippen MR) is 55.6 cm³/mol. The highest BCUT2D eigenvalue weighted by Crippen LogP contribution is 2.26. The topological polar surface area (TPSA) is 51.0 Å². The van der Waals surface area contributed by atoms with Gasteiger partial charge in [-0.05, 0) is 17.7 Å². The Morgan fingerprint density at radius 3 is 3.13 bits per heavy atom. The SMILES string of the molecule is COCc1ccc2c(c1)OCC/C2=N\O. The second-order valence-corrected chi connectivity index (χ2v) is 3.41. The van der Waals surface area contributed by atoms with E-state index in [0.29, 0.717) is 25.3 Å². The Morgan fingerprint density at radius 1 is 1.53 bits per heavy atom. The molecule has 0 fully saturated rings. The highest BCUT2D eigenvalue weighted by atomic mass is 16.5. The van der Waals surface area contributed by atoms with Gasteiger partial charge in [0.1, 0.15) is 5.75 Å². The number of ether oxygens (including phenoxy) is 2. The van der Waals surface area contributed by atoms with Gasteiger partial charge in [-0.3, -0.25) is 0 Å². The average Bonchev–Trinajstić information content (AvgIpc) is 2.28. The molecule has 1 N–H and O–H groups in total. The first kappa shape index (κ1) is 9.98. The summed E-state index contributed by atoms with van der Waals surface area (Å²) < 4.78 is 10.5. The fraction of sp³-hybridized carbons (Fsp3) is 0.364. The van der Waals surface area contributed by atoms with Crippen LogP contribution in [0.3, 0.4) is 0 Å². The quantitative estimate of drug-likeness (QED) is 0.594. The third kappa shape index (κ3) is 1.94. The van der Waals surface area contributed by atoms with E-state index in [2.05, 4.69) is 5.16 Å². The van der Waals surface area contributed by atoms with Crippen molar-refractivity contribution in [2.24, 2.45) is 5.16 Å². The molecule has 1 aliphatic rings. The van der Waals surface area contributed by atoms with Crippen LogP contribution >= 0.6 is 0 Å². The third-order valence-electron chi connectivity index (χ3n) is 2.39. The Labute approximate surface area is 88.1 Å². The van der Waals surface area contributed by atoms with E-state index in [4.69, 9.17) is 14.7 Å². The minimum absolute atomic E-state index is 0.558. The largest absolute Gasteiger partial charge is 0.492 e. The summed E-state index contributed by atoms with van der Waals surface area (Å²) in [6.07, 6.45) is 0.646. The van der Waals surface area contributed by atoms with E-state index in [1.807, 2.05) is 18.2 Å². The molecule has 0 unspecified atom stereocenters. The van der Waals surface area contributed by atoms with Crippen LogP contribution in [0.25, 0.3) is 0 Å². The van der Waals surface area contributed by atoms with Crippen molar-refractivity contribution in [3.05, 3.63) is 29.3 Å². The van der Waals surface area contributed by atoms with Gasteiger partial charge in [-0.15, -0.1) is 0 Å².